The standard InChI is InChI=1S/C14H15NO2/c16-13(9-14-15-6-7-17-14)12-5-4-10-2-1-3-11(10)8-12/h4-5,8H,1-3,6-7,9H2. The maximum atomic E-state index is 12.0. The molecule has 0 radical (unpaired) electrons. The highest BCUT2D eigenvalue weighted by Crippen LogP contribution is 2.23. The number of hydrogen-bond donors (Lipinski definition) is 0. The molecule has 3 heteroatoms. The molecule has 0 atom stereocenters. The largest absolute Gasteiger partial charge is 0.479 e. The van der Waals surface area contributed by atoms with Gasteiger partial charge in [-0.25, -0.2) is 0 Å². The van der Waals surface area contributed by atoms with Crippen LogP contribution in [-0.2, 0) is 17.6 Å². The van der Waals surface area contributed by atoms with Gasteiger partial charge in [-0.2, -0.15) is 0 Å². The third-order valence-corrected chi connectivity index (χ3v) is 3.38. The molecule has 0 bridgehead atoms. The van der Waals surface area contributed by atoms with Crippen molar-refractivity contribution in [1.29, 1.82) is 0 Å². The molecule has 2 aliphatic rings. The van der Waals surface area contributed by atoms with Crippen molar-refractivity contribution < 1.29 is 9.53 Å². The summed E-state index contributed by atoms with van der Waals surface area (Å²) in [7, 11) is 0. The molecule has 0 aromatic heterocycles. The van der Waals surface area contributed by atoms with E-state index in [-0.39, 0.29) is 5.78 Å². The number of carbonyl (C=O) groups excluding carboxylic acids is 1. The Morgan fingerprint density at radius 3 is 3.00 bits per heavy atom. The Bertz CT molecular complexity index is 491. The molecule has 1 aromatic carbocycles. The number of carbonyl (C=O) groups is 1. The van der Waals surface area contributed by atoms with Gasteiger partial charge in [0, 0.05) is 5.56 Å². The average molecular weight is 229 g/mol. The zero-order valence-corrected chi connectivity index (χ0v) is 9.74. The second-order valence-electron chi connectivity index (χ2n) is 4.56. The lowest BCUT2D eigenvalue weighted by molar-refractivity contribution is 0.0994. The van der Waals surface area contributed by atoms with E-state index in [1.54, 1.807) is 0 Å². The van der Waals surface area contributed by atoms with Crippen molar-refractivity contribution >= 4 is 11.7 Å². The van der Waals surface area contributed by atoms with Crippen molar-refractivity contribution in [3.05, 3.63) is 34.9 Å². The van der Waals surface area contributed by atoms with Gasteiger partial charge in [-0.05, 0) is 36.5 Å². The highest BCUT2D eigenvalue weighted by molar-refractivity contribution is 6.07. The Kier molecular flexibility index (Phi) is 2.67. The van der Waals surface area contributed by atoms with Gasteiger partial charge in [-0.1, -0.05) is 12.1 Å². The van der Waals surface area contributed by atoms with Crippen molar-refractivity contribution in [1.82, 2.24) is 0 Å². The van der Waals surface area contributed by atoms with Crippen LogP contribution in [0.15, 0.2) is 23.2 Å². The minimum atomic E-state index is 0.111. The number of rotatable bonds is 3. The topological polar surface area (TPSA) is 38.7 Å². The number of fused-ring (bicyclic) bond motifs is 1. The minimum absolute atomic E-state index is 0.111. The predicted molar refractivity (Wildman–Crippen MR) is 65.7 cm³/mol. The van der Waals surface area contributed by atoms with Gasteiger partial charge < -0.3 is 4.74 Å². The molecule has 1 aliphatic carbocycles. The first-order chi connectivity index (χ1) is 8.33. The molecule has 88 valence electrons. The summed E-state index contributed by atoms with van der Waals surface area (Å²) < 4.78 is 5.27. The highest BCUT2D eigenvalue weighted by atomic mass is 16.5. The van der Waals surface area contributed by atoms with Crippen molar-refractivity contribution in [3.63, 3.8) is 0 Å². The van der Waals surface area contributed by atoms with Crippen molar-refractivity contribution in [2.45, 2.75) is 25.7 Å². The van der Waals surface area contributed by atoms with Gasteiger partial charge in [-0.15, -0.1) is 0 Å². The third kappa shape index (κ3) is 2.09. The van der Waals surface area contributed by atoms with E-state index in [1.165, 1.54) is 17.5 Å². The molecule has 0 N–H and O–H groups in total. The van der Waals surface area contributed by atoms with Crippen LogP contribution in [0.1, 0.15) is 34.3 Å². The smallest absolute Gasteiger partial charge is 0.191 e. The molecule has 0 spiro atoms. The maximum Gasteiger partial charge on any atom is 0.191 e. The molecule has 0 amide bonds. The Labute approximate surface area is 101 Å². The number of ketones is 1. The summed E-state index contributed by atoms with van der Waals surface area (Å²) in [5.41, 5.74) is 3.53. The van der Waals surface area contributed by atoms with E-state index < -0.39 is 0 Å². The van der Waals surface area contributed by atoms with E-state index in [4.69, 9.17) is 4.74 Å². The Morgan fingerprint density at radius 2 is 2.18 bits per heavy atom. The van der Waals surface area contributed by atoms with Gasteiger partial charge >= 0.3 is 0 Å². The Morgan fingerprint density at radius 1 is 1.29 bits per heavy atom. The van der Waals surface area contributed by atoms with E-state index >= 15 is 0 Å². The number of nitrogens with zero attached hydrogens (tertiary/aromatic N) is 1. The monoisotopic (exact) mass is 229 g/mol. The van der Waals surface area contributed by atoms with Crippen molar-refractivity contribution in [2.75, 3.05) is 13.2 Å². The summed E-state index contributed by atoms with van der Waals surface area (Å²) in [5.74, 6) is 0.704. The number of benzene rings is 1. The lowest BCUT2D eigenvalue weighted by atomic mass is 10.0. The summed E-state index contributed by atoms with van der Waals surface area (Å²) >= 11 is 0. The zero-order valence-electron chi connectivity index (χ0n) is 9.74. The summed E-state index contributed by atoms with van der Waals surface area (Å²) in [6.07, 6.45) is 3.77. The molecule has 3 nitrogen and oxygen atoms in total. The van der Waals surface area contributed by atoms with Crippen molar-refractivity contribution in [2.24, 2.45) is 4.99 Å². The SMILES string of the molecule is O=C(CC1=NCCO1)c1ccc2c(c1)CCC2. The summed E-state index contributed by atoms with van der Waals surface area (Å²) in [6.45, 7) is 1.31. The molecule has 0 saturated carbocycles. The molecule has 0 unspecified atom stereocenters. The second-order valence-corrected chi connectivity index (χ2v) is 4.56. The van der Waals surface area contributed by atoms with Crippen LogP contribution in [0.2, 0.25) is 0 Å². The Hall–Kier alpha value is -1.64. The molecule has 1 heterocycles. The summed E-state index contributed by atoms with van der Waals surface area (Å²) in [4.78, 5) is 16.2. The Balaban J connectivity index is 1.77. The summed E-state index contributed by atoms with van der Waals surface area (Å²) in [5, 5.41) is 0. The normalized spacial score (nSPS) is 17.5. The molecule has 17 heavy (non-hydrogen) atoms. The predicted octanol–water partition coefficient (Wildman–Crippen LogP) is 2.18. The van der Waals surface area contributed by atoms with E-state index in [1.807, 2.05) is 12.1 Å². The molecule has 0 fully saturated rings. The minimum Gasteiger partial charge on any atom is -0.479 e. The average Bonchev–Trinajstić information content (AvgIpc) is 2.97. The molecular weight excluding hydrogens is 214 g/mol. The molecule has 3 rings (SSSR count). The van der Waals surface area contributed by atoms with Crippen LogP contribution in [0.3, 0.4) is 0 Å². The number of Topliss-reactive ketones (excluding diaryl/α,β-unsaturated/α-hetero) is 1. The first-order valence-corrected chi connectivity index (χ1v) is 6.14. The van der Waals surface area contributed by atoms with E-state index in [0.717, 1.165) is 18.4 Å². The lowest BCUT2D eigenvalue weighted by Crippen LogP contribution is -2.09. The summed E-state index contributed by atoms with van der Waals surface area (Å²) in [6, 6.07) is 6.06. The quantitative estimate of drug-likeness (QED) is 0.745. The third-order valence-electron chi connectivity index (χ3n) is 3.38. The van der Waals surface area contributed by atoms with Gasteiger partial charge in [-0.3, -0.25) is 9.79 Å². The second kappa shape index (κ2) is 4.32. The zero-order chi connectivity index (χ0) is 11.7. The van der Waals surface area contributed by atoms with Gasteiger partial charge in [0.25, 0.3) is 0 Å². The first kappa shape index (κ1) is 10.5. The van der Waals surface area contributed by atoms with Crippen LogP contribution in [0.25, 0.3) is 0 Å². The molecule has 1 aromatic rings. The van der Waals surface area contributed by atoms with Crippen LogP contribution in [0.4, 0.5) is 0 Å². The van der Waals surface area contributed by atoms with Crippen LogP contribution in [0, 0.1) is 0 Å². The maximum absolute atomic E-state index is 12.0. The van der Waals surface area contributed by atoms with Gasteiger partial charge in [0.15, 0.2) is 11.7 Å². The van der Waals surface area contributed by atoms with Crippen LogP contribution >= 0.6 is 0 Å². The first-order valence-electron chi connectivity index (χ1n) is 6.14. The number of ether oxygens (including phenoxy) is 1. The number of hydrogen-bond acceptors (Lipinski definition) is 3. The molecular formula is C14H15NO2. The number of aryl methyl sites for hydroxylation is 2. The molecule has 0 saturated heterocycles. The molecule has 1 aliphatic heterocycles. The fourth-order valence-electron chi connectivity index (χ4n) is 2.47. The van der Waals surface area contributed by atoms with Gasteiger partial charge in [0.2, 0.25) is 0 Å². The number of aliphatic imine (C=N–C) groups is 1. The lowest BCUT2D eigenvalue weighted by Gasteiger charge is -2.04. The van der Waals surface area contributed by atoms with Crippen molar-refractivity contribution in [3.8, 4) is 0 Å². The van der Waals surface area contributed by atoms with Crippen LogP contribution in [0.5, 0.6) is 0 Å². The van der Waals surface area contributed by atoms with E-state index in [2.05, 4.69) is 11.1 Å². The van der Waals surface area contributed by atoms with E-state index in [9.17, 15) is 4.79 Å². The van der Waals surface area contributed by atoms with Gasteiger partial charge in [0.05, 0.1) is 13.0 Å². The van der Waals surface area contributed by atoms with E-state index in [0.29, 0.717) is 25.5 Å². The highest BCUT2D eigenvalue weighted by Gasteiger charge is 2.17. The fraction of sp³-hybridized carbons (Fsp3) is 0.429. The van der Waals surface area contributed by atoms with Crippen LogP contribution < -0.4 is 0 Å². The van der Waals surface area contributed by atoms with Crippen LogP contribution in [-0.4, -0.2) is 24.8 Å². The fourth-order valence-corrected chi connectivity index (χ4v) is 2.47. The van der Waals surface area contributed by atoms with Gasteiger partial charge in [0.1, 0.15) is 6.61 Å².